The van der Waals surface area contributed by atoms with E-state index in [-0.39, 0.29) is 0 Å². The van der Waals surface area contributed by atoms with Gasteiger partial charge in [-0.15, -0.1) is 0 Å². The molecule has 1 rings (SSSR count). The van der Waals surface area contributed by atoms with Gasteiger partial charge in [-0.05, 0) is 37.1 Å². The number of carboxylic acid groups (broad SMARTS) is 1. The van der Waals surface area contributed by atoms with E-state index in [9.17, 15) is 9.90 Å². The normalized spacial score (nSPS) is 14.7. The van der Waals surface area contributed by atoms with Crippen molar-refractivity contribution in [2.45, 2.75) is 25.7 Å². The maximum Gasteiger partial charge on any atom is 0.313 e. The third-order valence-corrected chi connectivity index (χ3v) is 3.63. The lowest BCUT2D eigenvalue weighted by atomic mass is 9.80. The fourth-order valence-corrected chi connectivity index (χ4v) is 2.23. The van der Waals surface area contributed by atoms with E-state index >= 15 is 0 Å². The van der Waals surface area contributed by atoms with Gasteiger partial charge in [-0.2, -0.15) is 0 Å². The van der Waals surface area contributed by atoms with E-state index in [1.54, 1.807) is 25.1 Å². The Bertz CT molecular complexity index is 392. The van der Waals surface area contributed by atoms with Crippen LogP contribution in [-0.4, -0.2) is 11.1 Å². The fourth-order valence-electron chi connectivity index (χ4n) is 1.38. The molecule has 0 saturated heterocycles. The van der Waals surface area contributed by atoms with Crippen LogP contribution >= 0.6 is 27.5 Å². The third-order valence-electron chi connectivity index (χ3n) is 2.70. The first kappa shape index (κ1) is 12.5. The molecule has 0 heterocycles. The Morgan fingerprint density at radius 1 is 1.60 bits per heavy atom. The van der Waals surface area contributed by atoms with Crippen LogP contribution in [0.4, 0.5) is 0 Å². The number of aliphatic carboxylic acids is 1. The zero-order chi connectivity index (χ0) is 11.6. The van der Waals surface area contributed by atoms with E-state index in [0.29, 0.717) is 17.0 Å². The first-order valence-corrected chi connectivity index (χ1v) is 5.78. The number of hydrogen-bond donors (Lipinski definition) is 1. The second-order valence-electron chi connectivity index (χ2n) is 3.61. The van der Waals surface area contributed by atoms with Gasteiger partial charge in [0.2, 0.25) is 0 Å². The molecule has 0 radical (unpaired) electrons. The van der Waals surface area contributed by atoms with Crippen LogP contribution in [0.15, 0.2) is 22.7 Å². The third kappa shape index (κ3) is 2.34. The van der Waals surface area contributed by atoms with Crippen LogP contribution in [0.3, 0.4) is 0 Å². The summed E-state index contributed by atoms with van der Waals surface area (Å²) < 4.78 is 0.777. The van der Waals surface area contributed by atoms with E-state index in [4.69, 9.17) is 11.6 Å². The predicted molar refractivity (Wildman–Crippen MR) is 64.4 cm³/mol. The van der Waals surface area contributed by atoms with Crippen LogP contribution in [-0.2, 0) is 10.2 Å². The molecule has 0 aliphatic heterocycles. The molecular weight excluding hydrogens is 279 g/mol. The molecule has 0 fully saturated rings. The van der Waals surface area contributed by atoms with Gasteiger partial charge < -0.3 is 5.11 Å². The SMILES string of the molecule is CCC(C)(C(=O)O)c1cc(Cl)ccc1Br. The van der Waals surface area contributed by atoms with Crippen LogP contribution in [0.5, 0.6) is 0 Å². The molecule has 0 saturated carbocycles. The van der Waals surface area contributed by atoms with Crippen molar-refractivity contribution < 1.29 is 9.90 Å². The number of halogens is 2. The highest BCUT2D eigenvalue weighted by atomic mass is 79.9. The molecule has 2 nitrogen and oxygen atoms in total. The fraction of sp³-hybridized carbons (Fsp3) is 0.364. The van der Waals surface area contributed by atoms with Crippen molar-refractivity contribution in [3.8, 4) is 0 Å². The molecule has 82 valence electrons. The maximum atomic E-state index is 11.3. The molecule has 0 aromatic heterocycles. The van der Waals surface area contributed by atoms with Gasteiger partial charge in [0.15, 0.2) is 0 Å². The molecule has 0 aliphatic carbocycles. The minimum absolute atomic E-state index is 0.515. The van der Waals surface area contributed by atoms with Crippen molar-refractivity contribution in [2.24, 2.45) is 0 Å². The molecular formula is C11H12BrClO2. The monoisotopic (exact) mass is 290 g/mol. The summed E-state index contributed by atoms with van der Waals surface area (Å²) in [6.45, 7) is 3.55. The Hall–Kier alpha value is -0.540. The number of benzene rings is 1. The Morgan fingerprint density at radius 3 is 2.67 bits per heavy atom. The summed E-state index contributed by atoms with van der Waals surface area (Å²) in [5, 5.41) is 9.79. The molecule has 1 N–H and O–H groups in total. The van der Waals surface area contributed by atoms with E-state index in [2.05, 4.69) is 15.9 Å². The molecule has 0 amide bonds. The summed E-state index contributed by atoms with van der Waals surface area (Å²) in [5.41, 5.74) is -0.186. The van der Waals surface area contributed by atoms with Crippen LogP contribution < -0.4 is 0 Å². The minimum atomic E-state index is -0.899. The van der Waals surface area contributed by atoms with Gasteiger partial charge in [0.05, 0.1) is 5.41 Å². The second-order valence-corrected chi connectivity index (χ2v) is 4.91. The zero-order valence-corrected chi connectivity index (χ0v) is 10.9. The summed E-state index contributed by atoms with van der Waals surface area (Å²) >= 11 is 9.22. The van der Waals surface area contributed by atoms with E-state index in [1.807, 2.05) is 6.92 Å². The predicted octanol–water partition coefficient (Wildman–Crippen LogP) is 3.85. The number of carbonyl (C=O) groups is 1. The van der Waals surface area contributed by atoms with Gasteiger partial charge in [-0.25, -0.2) is 0 Å². The minimum Gasteiger partial charge on any atom is -0.481 e. The van der Waals surface area contributed by atoms with E-state index in [0.717, 1.165) is 4.47 Å². The summed E-state index contributed by atoms with van der Waals surface area (Å²) in [7, 11) is 0. The molecule has 1 unspecified atom stereocenters. The molecule has 1 aromatic rings. The molecule has 0 spiro atoms. The Labute approximate surface area is 102 Å². The van der Waals surface area contributed by atoms with Gasteiger partial charge in [-0.3, -0.25) is 4.79 Å². The average molecular weight is 292 g/mol. The quantitative estimate of drug-likeness (QED) is 0.918. The summed E-state index contributed by atoms with van der Waals surface area (Å²) in [6.07, 6.45) is 0.515. The average Bonchev–Trinajstić information content (AvgIpc) is 2.20. The molecule has 4 heteroatoms. The number of carboxylic acids is 1. The lowest BCUT2D eigenvalue weighted by Crippen LogP contribution is -2.31. The Balaban J connectivity index is 3.35. The van der Waals surface area contributed by atoms with Gasteiger partial charge in [0.1, 0.15) is 0 Å². The molecule has 1 aromatic carbocycles. The molecule has 0 bridgehead atoms. The topological polar surface area (TPSA) is 37.3 Å². The van der Waals surface area contributed by atoms with Crippen LogP contribution in [0.25, 0.3) is 0 Å². The summed E-state index contributed by atoms with van der Waals surface area (Å²) in [5.74, 6) is -0.840. The standard InChI is InChI=1S/C11H12BrClO2/c1-3-11(2,10(14)15)8-6-7(13)4-5-9(8)12/h4-6H,3H2,1-2H3,(H,14,15). The van der Waals surface area contributed by atoms with Crippen molar-refractivity contribution in [1.82, 2.24) is 0 Å². The Kier molecular flexibility index (Phi) is 3.79. The van der Waals surface area contributed by atoms with E-state index < -0.39 is 11.4 Å². The number of rotatable bonds is 3. The van der Waals surface area contributed by atoms with Crippen molar-refractivity contribution in [1.29, 1.82) is 0 Å². The largest absolute Gasteiger partial charge is 0.481 e. The van der Waals surface area contributed by atoms with Crippen molar-refractivity contribution >= 4 is 33.5 Å². The lowest BCUT2D eigenvalue weighted by molar-refractivity contribution is -0.143. The molecule has 1 atom stereocenters. The number of hydrogen-bond acceptors (Lipinski definition) is 1. The van der Waals surface area contributed by atoms with Crippen LogP contribution in [0.2, 0.25) is 5.02 Å². The maximum absolute atomic E-state index is 11.3. The van der Waals surface area contributed by atoms with Crippen LogP contribution in [0, 0.1) is 0 Å². The smallest absolute Gasteiger partial charge is 0.313 e. The van der Waals surface area contributed by atoms with Crippen molar-refractivity contribution in [3.05, 3.63) is 33.3 Å². The highest BCUT2D eigenvalue weighted by Gasteiger charge is 2.34. The molecule has 0 aliphatic rings. The van der Waals surface area contributed by atoms with Crippen LogP contribution in [0.1, 0.15) is 25.8 Å². The summed E-state index contributed by atoms with van der Waals surface area (Å²) in [6, 6.07) is 5.20. The summed E-state index contributed by atoms with van der Waals surface area (Å²) in [4.78, 5) is 11.3. The highest BCUT2D eigenvalue weighted by molar-refractivity contribution is 9.10. The second kappa shape index (κ2) is 4.54. The lowest BCUT2D eigenvalue weighted by Gasteiger charge is -2.25. The highest BCUT2D eigenvalue weighted by Crippen LogP contribution is 2.35. The van der Waals surface area contributed by atoms with Gasteiger partial charge >= 0.3 is 5.97 Å². The van der Waals surface area contributed by atoms with Gasteiger partial charge in [0, 0.05) is 9.50 Å². The first-order chi connectivity index (χ1) is 6.91. The first-order valence-electron chi connectivity index (χ1n) is 4.60. The van der Waals surface area contributed by atoms with E-state index in [1.165, 1.54) is 0 Å². The molecule has 15 heavy (non-hydrogen) atoms. The van der Waals surface area contributed by atoms with Crippen molar-refractivity contribution in [2.75, 3.05) is 0 Å². The Morgan fingerprint density at radius 2 is 2.20 bits per heavy atom. The zero-order valence-electron chi connectivity index (χ0n) is 8.55. The van der Waals surface area contributed by atoms with Gasteiger partial charge in [-0.1, -0.05) is 34.5 Å². The van der Waals surface area contributed by atoms with Gasteiger partial charge in [0.25, 0.3) is 0 Å². The van der Waals surface area contributed by atoms with Crippen molar-refractivity contribution in [3.63, 3.8) is 0 Å².